The highest BCUT2D eigenvalue weighted by Crippen LogP contribution is 2.17. The second kappa shape index (κ2) is 20.8. The highest BCUT2D eigenvalue weighted by molar-refractivity contribution is 4.65. The molecule has 0 aromatic heterocycles. The summed E-state index contributed by atoms with van der Waals surface area (Å²) < 4.78 is 34.5. The van der Waals surface area contributed by atoms with Gasteiger partial charge < -0.3 is 28.4 Å². The second-order valence-electron chi connectivity index (χ2n) is 9.42. The molecule has 0 saturated carbocycles. The molecule has 33 heavy (non-hydrogen) atoms. The van der Waals surface area contributed by atoms with E-state index in [-0.39, 0.29) is 0 Å². The van der Waals surface area contributed by atoms with E-state index in [0.29, 0.717) is 71.5 Å². The first-order valence-corrected chi connectivity index (χ1v) is 12.5. The molecule has 0 aromatic rings. The van der Waals surface area contributed by atoms with Crippen LogP contribution in [0.3, 0.4) is 0 Å². The first-order valence-electron chi connectivity index (χ1n) is 12.5. The molecule has 0 atom stereocenters. The lowest BCUT2D eigenvalue weighted by Gasteiger charge is -2.24. The van der Waals surface area contributed by atoms with E-state index in [1.54, 1.807) is 6.08 Å². The molecule has 0 aromatic carbocycles. The lowest BCUT2D eigenvalue weighted by atomic mass is 9.93. The van der Waals surface area contributed by atoms with E-state index in [0.717, 1.165) is 58.9 Å². The minimum absolute atomic E-state index is 0.310. The Morgan fingerprint density at radius 3 is 1.48 bits per heavy atom. The number of ether oxygens (including phenoxy) is 6. The Bertz CT molecular complexity index is 427. The molecule has 8 heteroatoms. The Hall–Kier alpha value is -0.580. The maximum atomic E-state index is 5.84. The van der Waals surface area contributed by atoms with Crippen LogP contribution in [0.1, 0.15) is 27.2 Å². The predicted molar refractivity (Wildman–Crippen MR) is 132 cm³/mol. The van der Waals surface area contributed by atoms with Crippen molar-refractivity contribution in [2.45, 2.75) is 27.2 Å². The number of nitrogens with zero attached hydrogens (tertiary/aromatic N) is 2. The molecule has 196 valence electrons. The van der Waals surface area contributed by atoms with E-state index < -0.39 is 0 Å². The topological polar surface area (TPSA) is 61.9 Å². The third-order valence-corrected chi connectivity index (χ3v) is 5.29. The number of hydrogen-bond donors (Lipinski definition) is 0. The summed E-state index contributed by atoms with van der Waals surface area (Å²) in [5.74, 6) is 0. The highest BCUT2D eigenvalue weighted by Gasteiger charge is 2.10. The Kier molecular flexibility index (Phi) is 19.2. The van der Waals surface area contributed by atoms with Crippen molar-refractivity contribution in [2.75, 3.05) is 119 Å². The van der Waals surface area contributed by atoms with Crippen LogP contribution >= 0.6 is 0 Å². The zero-order chi connectivity index (χ0) is 24.0. The third-order valence-electron chi connectivity index (χ3n) is 5.29. The van der Waals surface area contributed by atoms with Crippen LogP contribution in [0, 0.1) is 5.41 Å². The lowest BCUT2D eigenvalue weighted by Crippen LogP contribution is -2.35. The van der Waals surface area contributed by atoms with Crippen LogP contribution in [0.4, 0.5) is 0 Å². The SMILES string of the molecule is C=CCOCCN1CCOCCOCCN(CCOCCC(C)(C)C)CCOCCOCC1. The Labute approximate surface area is 202 Å². The molecule has 1 aliphatic heterocycles. The molecule has 0 amide bonds. The summed E-state index contributed by atoms with van der Waals surface area (Å²) in [5, 5.41) is 0. The van der Waals surface area contributed by atoms with Crippen molar-refractivity contribution in [3.8, 4) is 0 Å². The van der Waals surface area contributed by atoms with Gasteiger partial charge in [0.05, 0.1) is 72.7 Å². The van der Waals surface area contributed by atoms with E-state index in [1.165, 1.54) is 0 Å². The van der Waals surface area contributed by atoms with E-state index in [1.807, 2.05) is 0 Å². The average Bonchev–Trinajstić information content (AvgIpc) is 2.77. The van der Waals surface area contributed by atoms with Gasteiger partial charge in [0.25, 0.3) is 0 Å². The summed E-state index contributed by atoms with van der Waals surface area (Å²) in [4.78, 5) is 4.64. The Morgan fingerprint density at radius 2 is 1.09 bits per heavy atom. The van der Waals surface area contributed by atoms with E-state index >= 15 is 0 Å². The molecule has 0 unspecified atom stereocenters. The van der Waals surface area contributed by atoms with Gasteiger partial charge in [0.2, 0.25) is 0 Å². The minimum Gasteiger partial charge on any atom is -0.380 e. The highest BCUT2D eigenvalue weighted by atomic mass is 16.5. The van der Waals surface area contributed by atoms with Crippen LogP contribution in [-0.2, 0) is 28.4 Å². The van der Waals surface area contributed by atoms with E-state index in [4.69, 9.17) is 28.4 Å². The molecule has 8 nitrogen and oxygen atoms in total. The Balaban J connectivity index is 2.30. The fourth-order valence-corrected chi connectivity index (χ4v) is 3.12. The molecule has 1 rings (SSSR count). The van der Waals surface area contributed by atoms with Crippen molar-refractivity contribution in [1.82, 2.24) is 9.80 Å². The first kappa shape index (κ1) is 30.5. The summed E-state index contributed by atoms with van der Waals surface area (Å²) in [6.45, 7) is 23.5. The van der Waals surface area contributed by atoms with Gasteiger partial charge in [-0.3, -0.25) is 9.80 Å². The summed E-state index contributed by atoms with van der Waals surface area (Å²) in [5.41, 5.74) is 0.310. The van der Waals surface area contributed by atoms with Gasteiger partial charge in [0.15, 0.2) is 0 Å². The zero-order valence-corrected chi connectivity index (χ0v) is 21.6. The van der Waals surface area contributed by atoms with Crippen molar-refractivity contribution in [3.05, 3.63) is 12.7 Å². The Morgan fingerprint density at radius 1 is 0.667 bits per heavy atom. The fraction of sp³-hybridized carbons (Fsp3) is 0.920. The van der Waals surface area contributed by atoms with Crippen LogP contribution in [0.2, 0.25) is 0 Å². The van der Waals surface area contributed by atoms with Gasteiger partial charge in [-0.2, -0.15) is 0 Å². The number of rotatable bonds is 10. The molecule has 1 fully saturated rings. The van der Waals surface area contributed by atoms with Crippen molar-refractivity contribution < 1.29 is 28.4 Å². The first-order chi connectivity index (χ1) is 16.0. The largest absolute Gasteiger partial charge is 0.380 e. The normalized spacial score (nSPS) is 20.2. The molecular formula is C25H50N2O6. The molecular weight excluding hydrogens is 424 g/mol. The van der Waals surface area contributed by atoms with Gasteiger partial charge in [-0.05, 0) is 11.8 Å². The van der Waals surface area contributed by atoms with Gasteiger partial charge in [0.1, 0.15) is 0 Å². The molecule has 1 aliphatic rings. The van der Waals surface area contributed by atoms with Gasteiger partial charge in [-0.15, -0.1) is 6.58 Å². The zero-order valence-electron chi connectivity index (χ0n) is 21.6. The lowest BCUT2D eigenvalue weighted by molar-refractivity contribution is 0.000950. The maximum Gasteiger partial charge on any atom is 0.0701 e. The van der Waals surface area contributed by atoms with Crippen molar-refractivity contribution in [1.29, 1.82) is 0 Å². The van der Waals surface area contributed by atoms with Gasteiger partial charge in [-0.25, -0.2) is 0 Å². The van der Waals surface area contributed by atoms with Gasteiger partial charge in [-0.1, -0.05) is 26.8 Å². The van der Waals surface area contributed by atoms with Crippen LogP contribution in [0.15, 0.2) is 12.7 Å². The van der Waals surface area contributed by atoms with E-state index in [9.17, 15) is 0 Å². The fourth-order valence-electron chi connectivity index (χ4n) is 3.12. The molecule has 0 N–H and O–H groups in total. The van der Waals surface area contributed by atoms with Gasteiger partial charge in [0, 0.05) is 45.9 Å². The minimum atomic E-state index is 0.310. The quantitative estimate of drug-likeness (QED) is 0.353. The maximum absolute atomic E-state index is 5.84. The monoisotopic (exact) mass is 474 g/mol. The summed E-state index contributed by atoms with van der Waals surface area (Å²) >= 11 is 0. The van der Waals surface area contributed by atoms with Crippen LogP contribution in [-0.4, -0.2) is 128 Å². The molecule has 0 radical (unpaired) electrons. The average molecular weight is 475 g/mol. The summed E-state index contributed by atoms with van der Waals surface area (Å²) in [7, 11) is 0. The molecule has 0 bridgehead atoms. The standard InChI is InChI=1S/C25H50N2O6/c1-5-13-28-15-7-26-9-17-30-21-23-32-19-11-27(8-16-29-14-6-25(2,3)4)12-20-33-24-22-31-18-10-26/h5H,1,6-24H2,2-4H3. The molecule has 1 saturated heterocycles. The predicted octanol–water partition coefficient (Wildman–Crippen LogP) is 2.33. The third kappa shape index (κ3) is 20.5. The van der Waals surface area contributed by atoms with Crippen LogP contribution in [0.25, 0.3) is 0 Å². The van der Waals surface area contributed by atoms with E-state index in [2.05, 4.69) is 37.1 Å². The van der Waals surface area contributed by atoms with Gasteiger partial charge >= 0.3 is 0 Å². The molecule has 0 aliphatic carbocycles. The summed E-state index contributed by atoms with van der Waals surface area (Å²) in [6.07, 6.45) is 2.84. The van der Waals surface area contributed by atoms with Crippen molar-refractivity contribution in [2.24, 2.45) is 5.41 Å². The second-order valence-corrected chi connectivity index (χ2v) is 9.42. The van der Waals surface area contributed by atoms with Crippen molar-refractivity contribution in [3.63, 3.8) is 0 Å². The number of hydrogen-bond acceptors (Lipinski definition) is 8. The summed E-state index contributed by atoms with van der Waals surface area (Å²) in [6, 6.07) is 0. The molecule has 0 spiro atoms. The van der Waals surface area contributed by atoms with Crippen molar-refractivity contribution >= 4 is 0 Å². The van der Waals surface area contributed by atoms with Crippen LogP contribution in [0.5, 0.6) is 0 Å². The molecule has 1 heterocycles. The smallest absolute Gasteiger partial charge is 0.0701 e. The van der Waals surface area contributed by atoms with Crippen LogP contribution < -0.4 is 0 Å².